The molecular weight excluding hydrogens is 286 g/mol. The standard InChI is InChI=1S/C7H8BrN3O5/c8-1-4(12)2-10-3-5(11(15)16)6(13)9-7(10)14/h3-4,12H,1-2H2,(H,9,13,14). The molecule has 1 rings (SSSR count). The molecule has 1 unspecified atom stereocenters. The second-order valence-corrected chi connectivity index (χ2v) is 3.64. The first kappa shape index (κ1) is 12.6. The van der Waals surface area contributed by atoms with Crippen LogP contribution in [0.2, 0.25) is 0 Å². The lowest BCUT2D eigenvalue weighted by molar-refractivity contribution is -0.386. The van der Waals surface area contributed by atoms with Crippen LogP contribution < -0.4 is 11.2 Å². The molecule has 1 heterocycles. The van der Waals surface area contributed by atoms with E-state index in [1.165, 1.54) is 0 Å². The van der Waals surface area contributed by atoms with Gasteiger partial charge in [0.05, 0.1) is 23.8 Å². The van der Waals surface area contributed by atoms with Crippen LogP contribution in [0, 0.1) is 10.1 Å². The Morgan fingerprint density at radius 2 is 2.25 bits per heavy atom. The first-order valence-corrected chi connectivity index (χ1v) is 5.30. The lowest BCUT2D eigenvalue weighted by Crippen LogP contribution is -2.34. The number of H-pyrrole nitrogens is 1. The van der Waals surface area contributed by atoms with Crippen molar-refractivity contribution in [3.8, 4) is 0 Å². The monoisotopic (exact) mass is 293 g/mol. The van der Waals surface area contributed by atoms with Gasteiger partial charge in [0, 0.05) is 5.33 Å². The molecule has 0 radical (unpaired) electrons. The number of hydrogen-bond donors (Lipinski definition) is 2. The number of aliphatic hydroxyl groups excluding tert-OH is 1. The minimum absolute atomic E-state index is 0.137. The summed E-state index contributed by atoms with van der Waals surface area (Å²) in [6, 6.07) is 0. The average Bonchev–Trinajstić information content (AvgIpc) is 2.21. The van der Waals surface area contributed by atoms with E-state index in [9.17, 15) is 24.8 Å². The second kappa shape index (κ2) is 5.03. The van der Waals surface area contributed by atoms with E-state index in [0.29, 0.717) is 0 Å². The number of nitro groups is 1. The van der Waals surface area contributed by atoms with Crippen molar-refractivity contribution in [3.63, 3.8) is 0 Å². The summed E-state index contributed by atoms with van der Waals surface area (Å²) in [5, 5.41) is 19.9. The molecule has 1 aromatic rings. The number of aromatic nitrogens is 2. The molecule has 0 amide bonds. The number of alkyl halides is 1. The maximum Gasteiger partial charge on any atom is 0.350 e. The van der Waals surface area contributed by atoms with Crippen LogP contribution in [0.15, 0.2) is 15.8 Å². The summed E-state index contributed by atoms with van der Waals surface area (Å²) in [4.78, 5) is 33.6. The van der Waals surface area contributed by atoms with Gasteiger partial charge in [0.2, 0.25) is 0 Å². The van der Waals surface area contributed by atoms with Gasteiger partial charge in [-0.1, -0.05) is 15.9 Å². The summed E-state index contributed by atoms with van der Waals surface area (Å²) in [6.45, 7) is -0.137. The van der Waals surface area contributed by atoms with Crippen LogP contribution >= 0.6 is 15.9 Å². The van der Waals surface area contributed by atoms with E-state index in [1.54, 1.807) is 4.98 Å². The van der Waals surface area contributed by atoms with Gasteiger partial charge in [-0.3, -0.25) is 24.5 Å². The molecule has 1 atom stereocenters. The molecule has 0 saturated carbocycles. The first-order chi connectivity index (χ1) is 7.45. The fraction of sp³-hybridized carbons (Fsp3) is 0.429. The molecule has 0 aliphatic carbocycles. The maximum absolute atomic E-state index is 11.2. The number of halogens is 1. The number of nitrogens with one attached hydrogen (secondary N) is 1. The van der Waals surface area contributed by atoms with Crippen molar-refractivity contribution in [1.29, 1.82) is 0 Å². The van der Waals surface area contributed by atoms with Crippen molar-refractivity contribution in [3.05, 3.63) is 37.1 Å². The van der Waals surface area contributed by atoms with Crippen LogP contribution in [0.1, 0.15) is 0 Å². The van der Waals surface area contributed by atoms with Gasteiger partial charge in [0.25, 0.3) is 0 Å². The Hall–Kier alpha value is -1.48. The van der Waals surface area contributed by atoms with E-state index in [0.717, 1.165) is 10.8 Å². The summed E-state index contributed by atoms with van der Waals surface area (Å²) in [6.07, 6.45) is -0.0595. The van der Waals surface area contributed by atoms with Crippen molar-refractivity contribution in [2.45, 2.75) is 12.6 Å². The number of aromatic amines is 1. The van der Waals surface area contributed by atoms with Gasteiger partial charge in [-0.25, -0.2) is 4.79 Å². The van der Waals surface area contributed by atoms with Gasteiger partial charge in [-0.05, 0) is 0 Å². The summed E-state index contributed by atoms with van der Waals surface area (Å²) in [5.41, 5.74) is -2.59. The molecule has 16 heavy (non-hydrogen) atoms. The van der Waals surface area contributed by atoms with Crippen molar-refractivity contribution in [1.82, 2.24) is 9.55 Å². The van der Waals surface area contributed by atoms with E-state index in [1.807, 2.05) is 0 Å². The van der Waals surface area contributed by atoms with Crippen molar-refractivity contribution < 1.29 is 10.0 Å². The minimum Gasteiger partial charge on any atom is -0.390 e. The summed E-state index contributed by atoms with van der Waals surface area (Å²) < 4.78 is 0.880. The predicted octanol–water partition coefficient (Wildman–Crippen LogP) is -0.799. The van der Waals surface area contributed by atoms with Crippen LogP contribution in [-0.4, -0.2) is 31.0 Å². The third-order valence-corrected chi connectivity index (χ3v) is 2.52. The van der Waals surface area contributed by atoms with Crippen LogP contribution in [0.4, 0.5) is 5.69 Å². The molecule has 0 spiro atoms. The summed E-state index contributed by atoms with van der Waals surface area (Å²) in [7, 11) is 0. The molecule has 2 N–H and O–H groups in total. The molecule has 0 aromatic carbocycles. The molecule has 0 aliphatic rings. The zero-order chi connectivity index (χ0) is 12.3. The zero-order valence-electron chi connectivity index (χ0n) is 7.92. The Kier molecular flexibility index (Phi) is 3.96. The minimum atomic E-state index is -1.06. The van der Waals surface area contributed by atoms with Gasteiger partial charge in [0.1, 0.15) is 0 Å². The van der Waals surface area contributed by atoms with E-state index in [-0.39, 0.29) is 11.9 Å². The molecule has 0 bridgehead atoms. The van der Waals surface area contributed by atoms with Crippen LogP contribution in [-0.2, 0) is 6.54 Å². The number of aliphatic hydroxyl groups is 1. The third-order valence-electron chi connectivity index (χ3n) is 1.77. The smallest absolute Gasteiger partial charge is 0.350 e. The van der Waals surface area contributed by atoms with Crippen LogP contribution in [0.3, 0.4) is 0 Å². The molecule has 0 saturated heterocycles. The second-order valence-electron chi connectivity index (χ2n) is 2.99. The summed E-state index contributed by atoms with van der Waals surface area (Å²) in [5.74, 6) is 0. The Bertz CT molecular complexity index is 507. The maximum atomic E-state index is 11.2. The van der Waals surface area contributed by atoms with Gasteiger partial charge in [0.15, 0.2) is 0 Å². The average molecular weight is 294 g/mol. The highest BCUT2D eigenvalue weighted by atomic mass is 79.9. The fourth-order valence-corrected chi connectivity index (χ4v) is 1.24. The quantitative estimate of drug-likeness (QED) is 0.428. The SMILES string of the molecule is O=c1[nH]c(=O)n(CC(O)CBr)cc1[N+](=O)[O-]. The topological polar surface area (TPSA) is 118 Å². The lowest BCUT2D eigenvalue weighted by atomic mass is 10.4. The highest BCUT2D eigenvalue weighted by Gasteiger charge is 2.15. The van der Waals surface area contributed by atoms with Gasteiger partial charge >= 0.3 is 16.9 Å². The number of hydrogen-bond acceptors (Lipinski definition) is 5. The predicted molar refractivity (Wildman–Crippen MR) is 57.8 cm³/mol. The first-order valence-electron chi connectivity index (χ1n) is 4.18. The van der Waals surface area contributed by atoms with Crippen molar-refractivity contribution in [2.24, 2.45) is 0 Å². The third kappa shape index (κ3) is 2.76. The van der Waals surface area contributed by atoms with E-state index in [4.69, 9.17) is 0 Å². The van der Waals surface area contributed by atoms with Gasteiger partial charge in [-0.2, -0.15) is 0 Å². The molecule has 8 nitrogen and oxygen atoms in total. The lowest BCUT2D eigenvalue weighted by Gasteiger charge is -2.08. The molecule has 0 fully saturated rings. The highest BCUT2D eigenvalue weighted by Crippen LogP contribution is 2.00. The fourth-order valence-electron chi connectivity index (χ4n) is 1.04. The van der Waals surface area contributed by atoms with Crippen molar-refractivity contribution in [2.75, 3.05) is 5.33 Å². The Morgan fingerprint density at radius 3 is 2.75 bits per heavy atom. The number of nitrogens with zero attached hydrogens (tertiary/aromatic N) is 2. The Morgan fingerprint density at radius 1 is 1.62 bits per heavy atom. The van der Waals surface area contributed by atoms with Crippen molar-refractivity contribution >= 4 is 21.6 Å². The van der Waals surface area contributed by atoms with Crippen LogP contribution in [0.25, 0.3) is 0 Å². The zero-order valence-corrected chi connectivity index (χ0v) is 9.51. The van der Waals surface area contributed by atoms with Gasteiger partial charge < -0.3 is 5.11 Å². The molecule has 0 aliphatic heterocycles. The molecule has 9 heteroatoms. The summed E-state index contributed by atoms with van der Waals surface area (Å²) >= 11 is 2.99. The largest absolute Gasteiger partial charge is 0.390 e. The highest BCUT2D eigenvalue weighted by molar-refractivity contribution is 9.09. The van der Waals surface area contributed by atoms with E-state index in [2.05, 4.69) is 15.9 Å². The Balaban J connectivity index is 3.20. The molecule has 88 valence electrons. The molecular formula is C7H8BrN3O5. The number of rotatable bonds is 4. The molecule has 1 aromatic heterocycles. The Labute approximate surface area is 96.8 Å². The van der Waals surface area contributed by atoms with E-state index < -0.39 is 28.0 Å². The van der Waals surface area contributed by atoms with Crippen LogP contribution in [0.5, 0.6) is 0 Å². The van der Waals surface area contributed by atoms with Gasteiger partial charge in [-0.15, -0.1) is 0 Å². The normalized spacial score (nSPS) is 12.4. The van der Waals surface area contributed by atoms with E-state index >= 15 is 0 Å².